The first-order valence-electron chi connectivity index (χ1n) is 6.90. The highest BCUT2D eigenvalue weighted by atomic mass is 16.4. The van der Waals surface area contributed by atoms with Crippen molar-refractivity contribution in [2.24, 2.45) is 17.8 Å². The Morgan fingerprint density at radius 1 is 1.32 bits per heavy atom. The summed E-state index contributed by atoms with van der Waals surface area (Å²) in [5, 5.41) is 17.8. The first kappa shape index (κ1) is 15.5. The van der Waals surface area contributed by atoms with Gasteiger partial charge in [0, 0.05) is 19.0 Å². The third-order valence-electron chi connectivity index (χ3n) is 3.83. The summed E-state index contributed by atoms with van der Waals surface area (Å²) in [7, 11) is 0. The minimum Gasteiger partial charge on any atom is -0.481 e. The largest absolute Gasteiger partial charge is 0.481 e. The van der Waals surface area contributed by atoms with Crippen molar-refractivity contribution >= 4 is 11.9 Å². The molecule has 0 aromatic carbocycles. The fourth-order valence-electron chi connectivity index (χ4n) is 2.59. The number of rotatable bonds is 5. The Labute approximate surface area is 114 Å². The fraction of sp³-hybridized carbons (Fsp3) is 0.786. The van der Waals surface area contributed by atoms with Gasteiger partial charge in [-0.3, -0.25) is 9.59 Å². The molecule has 5 nitrogen and oxygen atoms in total. The van der Waals surface area contributed by atoms with Gasteiger partial charge in [0.25, 0.3) is 0 Å². The molecule has 0 radical (unpaired) electrons. The van der Waals surface area contributed by atoms with Crippen LogP contribution >= 0.6 is 0 Å². The van der Waals surface area contributed by atoms with Gasteiger partial charge < -0.3 is 10.0 Å². The number of aliphatic carboxylic acids is 1. The Balaban J connectivity index is 2.53. The monoisotopic (exact) mass is 266 g/mol. The van der Waals surface area contributed by atoms with Crippen LogP contribution in [0.5, 0.6) is 0 Å². The summed E-state index contributed by atoms with van der Waals surface area (Å²) < 4.78 is 0. The van der Waals surface area contributed by atoms with Gasteiger partial charge in [-0.15, -0.1) is 0 Å². The SMILES string of the molecule is CCN(CC(C)C#N)C(=O)C1CCC(C(=O)O)CC1. The summed E-state index contributed by atoms with van der Waals surface area (Å²) >= 11 is 0. The maximum absolute atomic E-state index is 12.3. The molecule has 0 saturated heterocycles. The van der Waals surface area contributed by atoms with Gasteiger partial charge in [0.05, 0.1) is 17.9 Å². The Kier molecular flexibility index (Phi) is 5.81. The molecule has 1 amide bonds. The molecule has 0 heterocycles. The van der Waals surface area contributed by atoms with Crippen molar-refractivity contribution in [3.63, 3.8) is 0 Å². The molecule has 1 saturated carbocycles. The molecule has 1 aliphatic rings. The van der Waals surface area contributed by atoms with Crippen molar-refractivity contribution in [2.75, 3.05) is 13.1 Å². The average molecular weight is 266 g/mol. The predicted molar refractivity (Wildman–Crippen MR) is 70.1 cm³/mol. The molecular formula is C14H22N2O3. The van der Waals surface area contributed by atoms with Crippen LogP contribution in [0, 0.1) is 29.1 Å². The van der Waals surface area contributed by atoms with Crippen LogP contribution in [0.4, 0.5) is 0 Å². The van der Waals surface area contributed by atoms with E-state index in [9.17, 15) is 9.59 Å². The molecule has 0 spiro atoms. The summed E-state index contributed by atoms with van der Waals surface area (Å²) in [4.78, 5) is 24.9. The minimum atomic E-state index is -0.753. The van der Waals surface area contributed by atoms with Crippen molar-refractivity contribution in [3.8, 4) is 6.07 Å². The Morgan fingerprint density at radius 3 is 2.26 bits per heavy atom. The van der Waals surface area contributed by atoms with Crippen LogP contribution in [0.3, 0.4) is 0 Å². The Bertz CT molecular complexity index is 367. The zero-order valence-corrected chi connectivity index (χ0v) is 11.6. The van der Waals surface area contributed by atoms with Crippen LogP contribution in [0.15, 0.2) is 0 Å². The quantitative estimate of drug-likeness (QED) is 0.823. The lowest BCUT2D eigenvalue weighted by molar-refractivity contribution is -0.145. The summed E-state index contributed by atoms with van der Waals surface area (Å²) in [6, 6.07) is 2.14. The van der Waals surface area contributed by atoms with Crippen LogP contribution in [0.2, 0.25) is 0 Å². The summed E-state index contributed by atoms with van der Waals surface area (Å²) in [5.41, 5.74) is 0. The van der Waals surface area contributed by atoms with Crippen LogP contribution in [-0.4, -0.2) is 35.0 Å². The molecule has 19 heavy (non-hydrogen) atoms. The standard InChI is InChI=1S/C14H22N2O3/c1-3-16(9-10(2)8-15)13(17)11-4-6-12(7-5-11)14(18)19/h10-12H,3-7,9H2,1-2H3,(H,18,19). The highest BCUT2D eigenvalue weighted by molar-refractivity contribution is 5.79. The lowest BCUT2D eigenvalue weighted by Crippen LogP contribution is -2.40. The van der Waals surface area contributed by atoms with Gasteiger partial charge in [-0.2, -0.15) is 5.26 Å². The highest BCUT2D eigenvalue weighted by Crippen LogP contribution is 2.30. The highest BCUT2D eigenvalue weighted by Gasteiger charge is 2.31. The zero-order chi connectivity index (χ0) is 14.4. The Hall–Kier alpha value is -1.57. The van der Waals surface area contributed by atoms with E-state index in [-0.39, 0.29) is 23.7 Å². The number of nitrogens with zero attached hydrogens (tertiary/aromatic N) is 2. The van der Waals surface area contributed by atoms with Crippen molar-refractivity contribution in [1.29, 1.82) is 5.26 Å². The molecule has 1 fully saturated rings. The second-order valence-corrected chi connectivity index (χ2v) is 5.29. The summed E-state index contributed by atoms with van der Waals surface area (Å²) in [5.74, 6) is -1.21. The number of carboxylic acids is 1. The predicted octanol–water partition coefficient (Wildman–Crippen LogP) is 1.89. The van der Waals surface area contributed by atoms with E-state index in [0.29, 0.717) is 38.8 Å². The van der Waals surface area contributed by atoms with Crippen LogP contribution in [0.1, 0.15) is 39.5 Å². The minimum absolute atomic E-state index is 0.0681. The van der Waals surface area contributed by atoms with Crippen molar-refractivity contribution in [2.45, 2.75) is 39.5 Å². The first-order chi connectivity index (χ1) is 8.99. The van der Waals surface area contributed by atoms with Crippen molar-refractivity contribution in [1.82, 2.24) is 4.90 Å². The van der Waals surface area contributed by atoms with E-state index < -0.39 is 5.97 Å². The maximum Gasteiger partial charge on any atom is 0.306 e. The molecule has 1 unspecified atom stereocenters. The smallest absolute Gasteiger partial charge is 0.306 e. The van der Waals surface area contributed by atoms with Crippen LogP contribution < -0.4 is 0 Å². The molecule has 5 heteroatoms. The lowest BCUT2D eigenvalue weighted by Gasteiger charge is -2.30. The molecule has 0 aromatic rings. The van der Waals surface area contributed by atoms with E-state index in [0.717, 1.165) is 0 Å². The number of hydrogen-bond acceptors (Lipinski definition) is 3. The van der Waals surface area contributed by atoms with E-state index in [1.807, 2.05) is 6.92 Å². The second-order valence-electron chi connectivity index (χ2n) is 5.29. The van der Waals surface area contributed by atoms with Crippen molar-refractivity contribution in [3.05, 3.63) is 0 Å². The number of carboxylic acid groups (broad SMARTS) is 1. The number of hydrogen-bond donors (Lipinski definition) is 1. The van der Waals surface area contributed by atoms with Gasteiger partial charge in [-0.05, 0) is 39.5 Å². The molecule has 1 aliphatic carbocycles. The van der Waals surface area contributed by atoms with Crippen molar-refractivity contribution < 1.29 is 14.7 Å². The van der Waals surface area contributed by atoms with E-state index in [4.69, 9.17) is 10.4 Å². The molecule has 1 rings (SSSR count). The number of carbonyl (C=O) groups is 2. The molecule has 1 N–H and O–H groups in total. The van der Waals surface area contributed by atoms with Gasteiger partial charge >= 0.3 is 5.97 Å². The van der Waals surface area contributed by atoms with Gasteiger partial charge in [-0.1, -0.05) is 0 Å². The molecule has 0 aliphatic heterocycles. The van der Waals surface area contributed by atoms with E-state index in [2.05, 4.69) is 6.07 Å². The van der Waals surface area contributed by atoms with Gasteiger partial charge in [0.15, 0.2) is 0 Å². The average Bonchev–Trinajstić information content (AvgIpc) is 2.43. The normalized spacial score (nSPS) is 24.3. The number of nitriles is 1. The molecule has 1 atom stereocenters. The van der Waals surface area contributed by atoms with E-state index >= 15 is 0 Å². The molecule has 0 aromatic heterocycles. The van der Waals surface area contributed by atoms with Gasteiger partial charge in [0.2, 0.25) is 5.91 Å². The fourth-order valence-corrected chi connectivity index (χ4v) is 2.59. The van der Waals surface area contributed by atoms with Crippen LogP contribution in [0.25, 0.3) is 0 Å². The zero-order valence-electron chi connectivity index (χ0n) is 11.6. The van der Waals surface area contributed by atoms with Crippen LogP contribution in [-0.2, 0) is 9.59 Å². The first-order valence-corrected chi connectivity index (χ1v) is 6.90. The lowest BCUT2D eigenvalue weighted by atomic mass is 9.81. The molecule has 0 bridgehead atoms. The summed E-state index contributed by atoms with van der Waals surface area (Å²) in [6.45, 7) is 4.77. The third-order valence-corrected chi connectivity index (χ3v) is 3.83. The second kappa shape index (κ2) is 7.13. The topological polar surface area (TPSA) is 81.4 Å². The van der Waals surface area contributed by atoms with Gasteiger partial charge in [0.1, 0.15) is 0 Å². The maximum atomic E-state index is 12.3. The van der Waals surface area contributed by atoms with Gasteiger partial charge in [-0.25, -0.2) is 0 Å². The number of carbonyl (C=O) groups excluding carboxylic acids is 1. The summed E-state index contributed by atoms with van der Waals surface area (Å²) in [6.07, 6.45) is 2.45. The Morgan fingerprint density at radius 2 is 1.84 bits per heavy atom. The van der Waals surface area contributed by atoms with E-state index in [1.165, 1.54) is 0 Å². The third kappa shape index (κ3) is 4.23. The number of amides is 1. The molecular weight excluding hydrogens is 244 g/mol. The molecule has 106 valence electrons. The van der Waals surface area contributed by atoms with E-state index in [1.54, 1.807) is 11.8 Å².